The fourth-order valence-electron chi connectivity index (χ4n) is 1.27. The summed E-state index contributed by atoms with van der Waals surface area (Å²) in [5, 5.41) is 19.8. The molecule has 1 rings (SSSR count). The summed E-state index contributed by atoms with van der Waals surface area (Å²) >= 11 is 0. The zero-order valence-electron chi connectivity index (χ0n) is 9.34. The quantitative estimate of drug-likeness (QED) is 0.377. The summed E-state index contributed by atoms with van der Waals surface area (Å²) in [7, 11) is 0. The second kappa shape index (κ2) is 5.11. The molecule has 0 aromatic heterocycles. The number of carbonyl (C=O) groups is 1. The third-order valence-corrected chi connectivity index (χ3v) is 1.87. The van der Waals surface area contributed by atoms with Crippen LogP contribution < -0.4 is 0 Å². The van der Waals surface area contributed by atoms with Crippen LogP contribution in [0.25, 0.3) is 6.08 Å². The van der Waals surface area contributed by atoms with Crippen molar-refractivity contribution in [2.24, 2.45) is 0 Å². The van der Waals surface area contributed by atoms with Gasteiger partial charge < -0.3 is 9.84 Å². The van der Waals surface area contributed by atoms with Crippen molar-refractivity contribution in [2.45, 2.75) is 13.8 Å². The van der Waals surface area contributed by atoms with Gasteiger partial charge in [-0.1, -0.05) is 6.07 Å². The van der Waals surface area contributed by atoms with Gasteiger partial charge in [0.05, 0.1) is 4.92 Å². The summed E-state index contributed by atoms with van der Waals surface area (Å²) in [5.74, 6) is -0.554. The van der Waals surface area contributed by atoms with Gasteiger partial charge in [-0.05, 0) is 24.6 Å². The molecule has 0 atom stereocenters. The summed E-state index contributed by atoms with van der Waals surface area (Å²) in [4.78, 5) is 20.6. The Morgan fingerprint density at radius 1 is 1.47 bits per heavy atom. The Balaban J connectivity index is 3.04. The average molecular weight is 237 g/mol. The van der Waals surface area contributed by atoms with Gasteiger partial charge in [0.15, 0.2) is 5.75 Å². The molecule has 0 radical (unpaired) electrons. The normalized spacial score (nSPS) is 11.1. The van der Waals surface area contributed by atoms with E-state index in [1.807, 2.05) is 0 Å². The Kier molecular flexibility index (Phi) is 3.82. The summed E-state index contributed by atoms with van der Waals surface area (Å²) in [6, 6.07) is 3.89. The van der Waals surface area contributed by atoms with Crippen LogP contribution in [0.15, 0.2) is 24.0 Å². The predicted octanol–water partition coefficient (Wildman–Crippen LogP) is 2.22. The second-order valence-corrected chi connectivity index (χ2v) is 3.35. The number of hydrogen-bond acceptors (Lipinski definition) is 5. The molecule has 0 spiro atoms. The van der Waals surface area contributed by atoms with Gasteiger partial charge in [-0.25, -0.2) is 0 Å². The highest BCUT2D eigenvalue weighted by atomic mass is 16.6. The van der Waals surface area contributed by atoms with Crippen molar-refractivity contribution in [3.05, 3.63) is 39.6 Å². The van der Waals surface area contributed by atoms with Crippen LogP contribution in [0.1, 0.15) is 19.4 Å². The minimum Gasteiger partial charge on any atom is -0.502 e. The maximum Gasteiger partial charge on any atom is 0.311 e. The zero-order valence-corrected chi connectivity index (χ0v) is 9.34. The van der Waals surface area contributed by atoms with Crippen LogP contribution in [0.4, 0.5) is 5.69 Å². The van der Waals surface area contributed by atoms with Gasteiger partial charge in [-0.2, -0.15) is 0 Å². The molecule has 1 aromatic carbocycles. The zero-order chi connectivity index (χ0) is 13.0. The number of nitrogens with zero attached hydrogens (tertiary/aromatic N) is 1. The molecule has 0 saturated carbocycles. The smallest absolute Gasteiger partial charge is 0.311 e. The molecule has 0 amide bonds. The first-order valence-electron chi connectivity index (χ1n) is 4.74. The lowest BCUT2D eigenvalue weighted by Crippen LogP contribution is -1.95. The largest absolute Gasteiger partial charge is 0.502 e. The fraction of sp³-hybridized carbons (Fsp3) is 0.182. The van der Waals surface area contributed by atoms with Crippen molar-refractivity contribution in [3.8, 4) is 5.75 Å². The Bertz CT molecular complexity index is 493. The van der Waals surface area contributed by atoms with Gasteiger partial charge in [0.1, 0.15) is 5.76 Å². The van der Waals surface area contributed by atoms with Crippen molar-refractivity contribution in [1.29, 1.82) is 0 Å². The first-order chi connectivity index (χ1) is 7.90. The van der Waals surface area contributed by atoms with Gasteiger partial charge in [0.2, 0.25) is 0 Å². The van der Waals surface area contributed by atoms with E-state index in [2.05, 4.69) is 0 Å². The van der Waals surface area contributed by atoms with Crippen molar-refractivity contribution in [2.75, 3.05) is 0 Å². The Hall–Kier alpha value is -2.37. The van der Waals surface area contributed by atoms with E-state index in [-0.39, 0.29) is 0 Å². The van der Waals surface area contributed by atoms with E-state index in [9.17, 15) is 20.0 Å². The maximum absolute atomic E-state index is 10.7. The molecular weight excluding hydrogens is 226 g/mol. The number of allylic oxidation sites excluding steroid dienone is 1. The lowest BCUT2D eigenvalue weighted by Gasteiger charge is -2.01. The van der Waals surface area contributed by atoms with Crippen molar-refractivity contribution >= 4 is 17.7 Å². The van der Waals surface area contributed by atoms with E-state index in [0.29, 0.717) is 11.3 Å². The number of carbonyl (C=O) groups excluding carboxylic acids is 1. The van der Waals surface area contributed by atoms with Crippen LogP contribution in [-0.2, 0) is 9.53 Å². The van der Waals surface area contributed by atoms with Gasteiger partial charge in [0.25, 0.3) is 0 Å². The van der Waals surface area contributed by atoms with Crippen LogP contribution in [0, 0.1) is 10.1 Å². The molecule has 0 aliphatic rings. The number of aromatic hydroxyl groups is 1. The standard InChI is InChI=1S/C11H11NO5/c1-7(17-8(2)13)5-9-3-4-11(14)10(6-9)12(15)16/h3-6,14H,1-2H3. The van der Waals surface area contributed by atoms with Crippen molar-refractivity contribution in [1.82, 2.24) is 0 Å². The van der Waals surface area contributed by atoms with Crippen LogP contribution in [-0.4, -0.2) is 16.0 Å². The number of nitro groups is 1. The van der Waals surface area contributed by atoms with Gasteiger partial charge in [0, 0.05) is 13.0 Å². The summed E-state index contributed by atoms with van der Waals surface area (Å²) in [6.07, 6.45) is 1.47. The SMILES string of the molecule is CC(=O)OC(C)=Cc1ccc(O)c([N+](=O)[O-])c1. The summed E-state index contributed by atoms with van der Waals surface area (Å²) in [6.45, 7) is 2.82. The highest BCUT2D eigenvalue weighted by Gasteiger charge is 2.12. The molecule has 0 heterocycles. The van der Waals surface area contributed by atoms with E-state index in [0.717, 1.165) is 0 Å². The van der Waals surface area contributed by atoms with E-state index in [1.54, 1.807) is 6.92 Å². The first-order valence-corrected chi connectivity index (χ1v) is 4.74. The molecule has 0 fully saturated rings. The first kappa shape index (κ1) is 12.7. The third-order valence-electron chi connectivity index (χ3n) is 1.87. The predicted molar refractivity (Wildman–Crippen MR) is 60.2 cm³/mol. The fourth-order valence-corrected chi connectivity index (χ4v) is 1.27. The lowest BCUT2D eigenvalue weighted by molar-refractivity contribution is -0.385. The van der Waals surface area contributed by atoms with Crippen LogP contribution in [0.5, 0.6) is 5.75 Å². The molecule has 1 aromatic rings. The number of hydrogen-bond donors (Lipinski definition) is 1. The molecule has 1 N–H and O–H groups in total. The minimum absolute atomic E-state index is 0.317. The Labute approximate surface area is 97.3 Å². The number of phenols is 1. The number of rotatable bonds is 3. The van der Waals surface area contributed by atoms with Crippen LogP contribution in [0.2, 0.25) is 0 Å². The molecule has 6 nitrogen and oxygen atoms in total. The van der Waals surface area contributed by atoms with Gasteiger partial charge in [-0.15, -0.1) is 0 Å². The number of phenolic OH excluding ortho intramolecular Hbond substituents is 1. The van der Waals surface area contributed by atoms with E-state index in [1.165, 1.54) is 31.2 Å². The highest BCUT2D eigenvalue weighted by molar-refractivity contribution is 5.69. The number of nitro benzene ring substituents is 1. The molecule has 0 aliphatic carbocycles. The average Bonchev–Trinajstić information content (AvgIpc) is 2.19. The van der Waals surface area contributed by atoms with Crippen molar-refractivity contribution < 1.29 is 19.6 Å². The molecule has 90 valence electrons. The molecule has 6 heteroatoms. The lowest BCUT2D eigenvalue weighted by atomic mass is 10.1. The van der Waals surface area contributed by atoms with Gasteiger partial charge in [-0.3, -0.25) is 14.9 Å². The summed E-state index contributed by atoms with van der Waals surface area (Å²) < 4.78 is 4.77. The number of benzene rings is 1. The molecule has 0 unspecified atom stereocenters. The molecule has 0 aliphatic heterocycles. The second-order valence-electron chi connectivity index (χ2n) is 3.35. The molecule has 0 bridgehead atoms. The van der Waals surface area contributed by atoms with Crippen LogP contribution >= 0.6 is 0 Å². The van der Waals surface area contributed by atoms with Crippen molar-refractivity contribution in [3.63, 3.8) is 0 Å². The minimum atomic E-state index is -0.687. The summed E-state index contributed by atoms with van der Waals surface area (Å²) in [5.41, 5.74) is 0.0719. The van der Waals surface area contributed by atoms with Gasteiger partial charge >= 0.3 is 11.7 Å². The molecule has 0 saturated heterocycles. The van der Waals surface area contributed by atoms with E-state index < -0.39 is 22.3 Å². The number of ether oxygens (including phenoxy) is 1. The monoisotopic (exact) mass is 237 g/mol. The van der Waals surface area contributed by atoms with Crippen LogP contribution in [0.3, 0.4) is 0 Å². The topological polar surface area (TPSA) is 89.7 Å². The van der Waals surface area contributed by atoms with E-state index >= 15 is 0 Å². The highest BCUT2D eigenvalue weighted by Crippen LogP contribution is 2.27. The third kappa shape index (κ3) is 3.60. The maximum atomic E-state index is 10.7. The Morgan fingerprint density at radius 2 is 2.12 bits per heavy atom. The number of esters is 1. The van der Waals surface area contributed by atoms with E-state index in [4.69, 9.17) is 4.74 Å². The molecule has 17 heavy (non-hydrogen) atoms. The Morgan fingerprint density at radius 3 is 2.65 bits per heavy atom. The molecular formula is C11H11NO5.